The molecular formula is C13H10F2N2O. The topological polar surface area (TPSA) is 69.1 Å². The average molecular weight is 248 g/mol. The van der Waals surface area contributed by atoms with Gasteiger partial charge in [-0.25, -0.2) is 8.78 Å². The number of benzene rings is 2. The molecule has 0 radical (unpaired) electrons. The van der Waals surface area contributed by atoms with E-state index in [0.717, 1.165) is 12.1 Å². The van der Waals surface area contributed by atoms with E-state index in [9.17, 15) is 13.6 Å². The zero-order chi connectivity index (χ0) is 13.3. The summed E-state index contributed by atoms with van der Waals surface area (Å²) in [5.74, 6) is -2.32. The first-order chi connectivity index (χ1) is 8.50. The zero-order valence-corrected chi connectivity index (χ0v) is 9.28. The predicted molar refractivity (Wildman–Crippen MR) is 64.7 cm³/mol. The van der Waals surface area contributed by atoms with Gasteiger partial charge in [0.15, 0.2) is 0 Å². The number of carbonyl (C=O) groups excluding carboxylic acids is 1. The fourth-order valence-corrected chi connectivity index (χ4v) is 1.74. The Bertz CT molecular complexity index is 606. The van der Waals surface area contributed by atoms with Crippen LogP contribution >= 0.6 is 0 Å². The van der Waals surface area contributed by atoms with Crippen LogP contribution in [0.5, 0.6) is 0 Å². The Labute approximate surface area is 102 Å². The summed E-state index contributed by atoms with van der Waals surface area (Å²) >= 11 is 0. The van der Waals surface area contributed by atoms with Crippen LogP contribution in [-0.4, -0.2) is 5.91 Å². The minimum absolute atomic E-state index is 0.0148. The molecule has 0 saturated heterocycles. The van der Waals surface area contributed by atoms with Crippen LogP contribution in [0.25, 0.3) is 11.1 Å². The summed E-state index contributed by atoms with van der Waals surface area (Å²) in [6.45, 7) is 0. The molecule has 0 atom stereocenters. The molecule has 2 aromatic carbocycles. The van der Waals surface area contributed by atoms with E-state index in [1.54, 1.807) is 0 Å². The molecule has 0 aliphatic heterocycles. The van der Waals surface area contributed by atoms with Crippen molar-refractivity contribution in [1.29, 1.82) is 0 Å². The van der Waals surface area contributed by atoms with Crippen molar-refractivity contribution in [1.82, 2.24) is 0 Å². The van der Waals surface area contributed by atoms with Crippen molar-refractivity contribution in [2.24, 2.45) is 5.73 Å². The maximum absolute atomic E-state index is 13.7. The van der Waals surface area contributed by atoms with Gasteiger partial charge in [-0.3, -0.25) is 4.79 Å². The van der Waals surface area contributed by atoms with Gasteiger partial charge in [-0.15, -0.1) is 0 Å². The van der Waals surface area contributed by atoms with E-state index in [1.165, 1.54) is 24.3 Å². The van der Waals surface area contributed by atoms with Gasteiger partial charge in [-0.2, -0.15) is 0 Å². The number of primary amides is 1. The molecule has 2 aromatic rings. The highest BCUT2D eigenvalue weighted by Gasteiger charge is 2.17. The Hall–Kier alpha value is -2.43. The molecule has 0 saturated carbocycles. The molecule has 0 heterocycles. The van der Waals surface area contributed by atoms with E-state index in [-0.39, 0.29) is 16.7 Å². The lowest BCUT2D eigenvalue weighted by Crippen LogP contribution is -2.13. The SMILES string of the molecule is NC(=O)c1cc(N)ccc1-c1c(F)cccc1F. The van der Waals surface area contributed by atoms with E-state index in [4.69, 9.17) is 11.5 Å². The van der Waals surface area contributed by atoms with Crippen molar-refractivity contribution in [3.8, 4) is 11.1 Å². The molecule has 18 heavy (non-hydrogen) atoms. The summed E-state index contributed by atoms with van der Waals surface area (Å²) in [6.07, 6.45) is 0. The van der Waals surface area contributed by atoms with Crippen LogP contribution in [0.3, 0.4) is 0 Å². The summed E-state index contributed by atoms with van der Waals surface area (Å²) in [5, 5.41) is 0. The fraction of sp³-hybridized carbons (Fsp3) is 0. The van der Waals surface area contributed by atoms with Gasteiger partial charge in [-0.05, 0) is 24.3 Å². The van der Waals surface area contributed by atoms with E-state index >= 15 is 0 Å². The first-order valence-electron chi connectivity index (χ1n) is 5.14. The maximum Gasteiger partial charge on any atom is 0.249 e. The second-order valence-corrected chi connectivity index (χ2v) is 3.77. The molecule has 1 amide bonds. The molecule has 0 unspecified atom stereocenters. The lowest BCUT2D eigenvalue weighted by Gasteiger charge is -2.10. The molecular weight excluding hydrogens is 238 g/mol. The Morgan fingerprint density at radius 2 is 1.67 bits per heavy atom. The predicted octanol–water partition coefficient (Wildman–Crippen LogP) is 2.31. The number of amides is 1. The number of rotatable bonds is 2. The van der Waals surface area contributed by atoms with Crippen molar-refractivity contribution in [3.05, 3.63) is 53.6 Å². The van der Waals surface area contributed by atoms with Gasteiger partial charge in [0, 0.05) is 16.8 Å². The lowest BCUT2D eigenvalue weighted by atomic mass is 9.97. The maximum atomic E-state index is 13.7. The molecule has 0 spiro atoms. The van der Waals surface area contributed by atoms with Gasteiger partial charge in [0.25, 0.3) is 0 Å². The summed E-state index contributed by atoms with van der Waals surface area (Å²) in [5.41, 5.74) is 10.8. The largest absolute Gasteiger partial charge is 0.399 e. The van der Waals surface area contributed by atoms with Crippen LogP contribution in [0.4, 0.5) is 14.5 Å². The molecule has 0 aliphatic rings. The normalized spacial score (nSPS) is 10.3. The third-order valence-corrected chi connectivity index (χ3v) is 2.54. The first kappa shape index (κ1) is 12.0. The number of carbonyl (C=O) groups is 1. The van der Waals surface area contributed by atoms with Crippen molar-refractivity contribution < 1.29 is 13.6 Å². The number of halogens is 2. The summed E-state index contributed by atoms with van der Waals surface area (Å²) in [4.78, 5) is 11.3. The third kappa shape index (κ3) is 2.02. The minimum Gasteiger partial charge on any atom is -0.399 e. The van der Waals surface area contributed by atoms with Crippen LogP contribution < -0.4 is 11.5 Å². The Morgan fingerprint density at radius 1 is 1.06 bits per heavy atom. The molecule has 92 valence electrons. The molecule has 5 heteroatoms. The Kier molecular flexibility index (Phi) is 2.97. The van der Waals surface area contributed by atoms with Gasteiger partial charge < -0.3 is 11.5 Å². The van der Waals surface area contributed by atoms with Crippen molar-refractivity contribution in [2.45, 2.75) is 0 Å². The second-order valence-electron chi connectivity index (χ2n) is 3.77. The zero-order valence-electron chi connectivity index (χ0n) is 9.28. The quantitative estimate of drug-likeness (QED) is 0.801. The van der Waals surface area contributed by atoms with Crippen molar-refractivity contribution in [3.63, 3.8) is 0 Å². The van der Waals surface area contributed by atoms with Crippen LogP contribution in [-0.2, 0) is 0 Å². The standard InChI is InChI=1S/C13H10F2N2O/c14-10-2-1-3-11(15)12(10)8-5-4-7(16)6-9(8)13(17)18/h1-6H,16H2,(H2,17,18). The highest BCUT2D eigenvalue weighted by atomic mass is 19.1. The molecule has 0 aromatic heterocycles. The molecule has 4 N–H and O–H groups in total. The van der Waals surface area contributed by atoms with E-state index in [2.05, 4.69) is 0 Å². The van der Waals surface area contributed by atoms with Crippen LogP contribution in [0.1, 0.15) is 10.4 Å². The van der Waals surface area contributed by atoms with Gasteiger partial charge >= 0.3 is 0 Å². The average Bonchev–Trinajstić information content (AvgIpc) is 2.30. The van der Waals surface area contributed by atoms with Gasteiger partial charge in [0.2, 0.25) is 5.91 Å². The summed E-state index contributed by atoms with van der Waals surface area (Å²) < 4.78 is 27.3. The van der Waals surface area contributed by atoms with Crippen molar-refractivity contribution >= 4 is 11.6 Å². The molecule has 3 nitrogen and oxygen atoms in total. The van der Waals surface area contributed by atoms with E-state index in [0.29, 0.717) is 5.69 Å². The number of nitrogen functional groups attached to an aromatic ring is 1. The molecule has 0 fully saturated rings. The van der Waals surface area contributed by atoms with Crippen molar-refractivity contribution in [2.75, 3.05) is 5.73 Å². The highest BCUT2D eigenvalue weighted by Crippen LogP contribution is 2.30. The molecule has 0 aliphatic carbocycles. The van der Waals surface area contributed by atoms with E-state index < -0.39 is 17.5 Å². The smallest absolute Gasteiger partial charge is 0.249 e. The van der Waals surface area contributed by atoms with Crippen LogP contribution in [0, 0.1) is 11.6 Å². The highest BCUT2D eigenvalue weighted by molar-refractivity contribution is 6.00. The van der Waals surface area contributed by atoms with Gasteiger partial charge in [0.1, 0.15) is 11.6 Å². The Balaban J connectivity index is 2.75. The molecule has 2 rings (SSSR count). The van der Waals surface area contributed by atoms with Crippen LogP contribution in [0.2, 0.25) is 0 Å². The van der Waals surface area contributed by atoms with Gasteiger partial charge in [-0.1, -0.05) is 12.1 Å². The number of hydrogen-bond donors (Lipinski definition) is 2. The summed E-state index contributed by atoms with van der Waals surface area (Å²) in [7, 11) is 0. The van der Waals surface area contributed by atoms with Gasteiger partial charge in [0.05, 0.1) is 5.56 Å². The Morgan fingerprint density at radius 3 is 2.22 bits per heavy atom. The lowest BCUT2D eigenvalue weighted by molar-refractivity contribution is 0.100. The van der Waals surface area contributed by atoms with E-state index in [1.807, 2.05) is 0 Å². The van der Waals surface area contributed by atoms with Crippen LogP contribution in [0.15, 0.2) is 36.4 Å². The third-order valence-electron chi connectivity index (χ3n) is 2.54. The number of hydrogen-bond acceptors (Lipinski definition) is 2. The molecule has 0 bridgehead atoms. The monoisotopic (exact) mass is 248 g/mol. The fourth-order valence-electron chi connectivity index (χ4n) is 1.74. The first-order valence-corrected chi connectivity index (χ1v) is 5.14. The second kappa shape index (κ2) is 4.44. The minimum atomic E-state index is -0.792. The number of nitrogens with two attached hydrogens (primary N) is 2. The number of anilines is 1. The summed E-state index contributed by atoms with van der Waals surface area (Å²) in [6, 6.07) is 7.59.